The first-order chi connectivity index (χ1) is 9.99. The Morgan fingerprint density at radius 2 is 1.73 bits per heavy atom. The van der Waals surface area contributed by atoms with Crippen molar-refractivity contribution in [1.29, 1.82) is 0 Å². The second-order valence-corrected chi connectivity index (χ2v) is 4.26. The van der Waals surface area contributed by atoms with Gasteiger partial charge in [0.1, 0.15) is 6.61 Å². The predicted octanol–water partition coefficient (Wildman–Crippen LogP) is 2.56. The van der Waals surface area contributed by atoms with Gasteiger partial charge in [-0.3, -0.25) is 4.99 Å². The number of rotatable bonds is 11. The van der Waals surface area contributed by atoms with Crippen LogP contribution in [0.1, 0.15) is 26.7 Å². The largest absolute Gasteiger partial charge is 0.411 e. The third-order valence-corrected chi connectivity index (χ3v) is 2.29. The van der Waals surface area contributed by atoms with Crippen molar-refractivity contribution in [2.75, 3.05) is 46.1 Å². The lowest BCUT2D eigenvalue weighted by Crippen LogP contribution is -2.38. The number of hydrogen-bond acceptors (Lipinski definition) is 3. The standard InChI is InChI=1S/C13H26F3N3O2.HI/c1-3-17-12(18-7-5-9-20-4-2)19-8-6-10-21-11-13(14,15)16;/h3-11H2,1-2H3,(H2,17,18,19);1H. The molecule has 5 nitrogen and oxygen atoms in total. The zero-order chi connectivity index (χ0) is 16.0. The van der Waals surface area contributed by atoms with Gasteiger partial charge in [0, 0.05) is 39.5 Å². The molecule has 22 heavy (non-hydrogen) atoms. The Morgan fingerprint density at radius 3 is 2.32 bits per heavy atom. The van der Waals surface area contributed by atoms with Crippen LogP contribution in [-0.4, -0.2) is 58.2 Å². The number of aliphatic imine (C=N–C) groups is 1. The highest BCUT2D eigenvalue weighted by Crippen LogP contribution is 2.14. The predicted molar refractivity (Wildman–Crippen MR) is 92.0 cm³/mol. The highest BCUT2D eigenvalue weighted by atomic mass is 127. The molecule has 0 aromatic heterocycles. The Labute approximate surface area is 147 Å². The fourth-order valence-corrected chi connectivity index (χ4v) is 1.41. The number of halogens is 4. The molecule has 0 radical (unpaired) electrons. The lowest BCUT2D eigenvalue weighted by atomic mass is 10.4. The van der Waals surface area contributed by atoms with Crippen LogP contribution < -0.4 is 10.6 Å². The van der Waals surface area contributed by atoms with Gasteiger partial charge in [-0.05, 0) is 26.7 Å². The first-order valence-corrected chi connectivity index (χ1v) is 7.24. The minimum atomic E-state index is -4.26. The highest BCUT2D eigenvalue weighted by Gasteiger charge is 2.27. The summed E-state index contributed by atoms with van der Waals surface area (Å²) < 4.78 is 45.2. The number of guanidine groups is 1. The van der Waals surface area contributed by atoms with Gasteiger partial charge in [0.2, 0.25) is 0 Å². The molecule has 0 heterocycles. The zero-order valence-corrected chi connectivity index (χ0v) is 15.5. The summed E-state index contributed by atoms with van der Waals surface area (Å²) in [6.07, 6.45) is -2.95. The topological polar surface area (TPSA) is 54.9 Å². The maximum Gasteiger partial charge on any atom is 0.411 e. The van der Waals surface area contributed by atoms with Gasteiger partial charge in [-0.1, -0.05) is 0 Å². The number of hydrogen-bond donors (Lipinski definition) is 2. The molecule has 0 amide bonds. The Bertz CT molecular complexity index is 280. The van der Waals surface area contributed by atoms with Crippen LogP contribution in [-0.2, 0) is 9.47 Å². The van der Waals surface area contributed by atoms with Crippen LogP contribution in [0.2, 0.25) is 0 Å². The summed E-state index contributed by atoms with van der Waals surface area (Å²) in [6.45, 7) is 6.00. The van der Waals surface area contributed by atoms with Crippen molar-refractivity contribution in [2.24, 2.45) is 4.99 Å². The van der Waals surface area contributed by atoms with Crippen molar-refractivity contribution in [3.05, 3.63) is 0 Å². The molecular weight excluding hydrogens is 414 g/mol. The highest BCUT2D eigenvalue weighted by molar-refractivity contribution is 14.0. The number of nitrogens with zero attached hydrogens (tertiary/aromatic N) is 1. The second-order valence-electron chi connectivity index (χ2n) is 4.26. The maximum atomic E-state index is 11.8. The molecule has 0 bridgehead atoms. The van der Waals surface area contributed by atoms with Crippen LogP contribution in [0, 0.1) is 0 Å². The van der Waals surface area contributed by atoms with Crippen molar-refractivity contribution in [1.82, 2.24) is 10.6 Å². The molecule has 134 valence electrons. The maximum absolute atomic E-state index is 11.8. The van der Waals surface area contributed by atoms with Crippen LogP contribution in [0.25, 0.3) is 0 Å². The normalized spacial score (nSPS) is 12.0. The van der Waals surface area contributed by atoms with E-state index in [1.165, 1.54) is 0 Å². The van der Waals surface area contributed by atoms with E-state index in [2.05, 4.69) is 20.4 Å². The summed E-state index contributed by atoms with van der Waals surface area (Å²) >= 11 is 0. The number of alkyl halides is 3. The van der Waals surface area contributed by atoms with Crippen LogP contribution in [0.5, 0.6) is 0 Å². The van der Waals surface area contributed by atoms with E-state index in [9.17, 15) is 13.2 Å². The summed E-state index contributed by atoms with van der Waals surface area (Å²) in [7, 11) is 0. The van der Waals surface area contributed by atoms with E-state index in [1.54, 1.807) is 0 Å². The minimum Gasteiger partial charge on any atom is -0.382 e. The van der Waals surface area contributed by atoms with E-state index in [0.29, 0.717) is 32.1 Å². The first kappa shape index (κ1) is 24.0. The minimum absolute atomic E-state index is 0. The van der Waals surface area contributed by atoms with Crippen molar-refractivity contribution >= 4 is 29.9 Å². The molecule has 0 saturated heterocycles. The SMILES string of the molecule is CCNC(=NCCCOCC(F)(F)F)NCCCOCC.I. The van der Waals surface area contributed by atoms with Gasteiger partial charge >= 0.3 is 6.18 Å². The molecule has 2 N–H and O–H groups in total. The molecule has 0 rings (SSSR count). The molecule has 0 aromatic carbocycles. The Morgan fingerprint density at radius 1 is 1.05 bits per heavy atom. The van der Waals surface area contributed by atoms with Gasteiger partial charge in [0.15, 0.2) is 5.96 Å². The van der Waals surface area contributed by atoms with Gasteiger partial charge in [-0.15, -0.1) is 24.0 Å². The molecule has 0 spiro atoms. The lowest BCUT2D eigenvalue weighted by Gasteiger charge is -2.11. The zero-order valence-electron chi connectivity index (χ0n) is 13.2. The molecule has 0 fully saturated rings. The van der Waals surface area contributed by atoms with Gasteiger partial charge < -0.3 is 20.1 Å². The molecule has 0 aromatic rings. The summed E-state index contributed by atoms with van der Waals surface area (Å²) in [5, 5.41) is 6.20. The molecule has 0 aliphatic carbocycles. The second kappa shape index (κ2) is 15.6. The molecule has 0 atom stereocenters. The van der Waals surface area contributed by atoms with E-state index in [4.69, 9.17) is 4.74 Å². The average Bonchev–Trinajstić information content (AvgIpc) is 2.41. The van der Waals surface area contributed by atoms with Crippen molar-refractivity contribution in [3.8, 4) is 0 Å². The fourth-order valence-electron chi connectivity index (χ4n) is 1.41. The quantitative estimate of drug-likeness (QED) is 0.224. The molecule has 0 unspecified atom stereocenters. The number of nitrogens with one attached hydrogen (secondary N) is 2. The fraction of sp³-hybridized carbons (Fsp3) is 0.923. The van der Waals surface area contributed by atoms with Crippen LogP contribution >= 0.6 is 24.0 Å². The average molecular weight is 441 g/mol. The Hall–Kier alpha value is -0.290. The lowest BCUT2D eigenvalue weighted by molar-refractivity contribution is -0.173. The van der Waals surface area contributed by atoms with E-state index in [-0.39, 0.29) is 30.6 Å². The first-order valence-electron chi connectivity index (χ1n) is 7.24. The van der Waals surface area contributed by atoms with Crippen molar-refractivity contribution in [3.63, 3.8) is 0 Å². The van der Waals surface area contributed by atoms with E-state index in [0.717, 1.165) is 19.5 Å². The van der Waals surface area contributed by atoms with Crippen LogP contribution in [0.15, 0.2) is 4.99 Å². The van der Waals surface area contributed by atoms with Gasteiger partial charge in [-0.25, -0.2) is 0 Å². The molecule has 0 saturated carbocycles. The third-order valence-electron chi connectivity index (χ3n) is 2.29. The Kier molecular flexibility index (Phi) is 17.0. The summed E-state index contributed by atoms with van der Waals surface area (Å²) in [5.41, 5.74) is 0. The molecule has 0 aliphatic heterocycles. The van der Waals surface area contributed by atoms with E-state index in [1.807, 2.05) is 13.8 Å². The van der Waals surface area contributed by atoms with E-state index >= 15 is 0 Å². The van der Waals surface area contributed by atoms with Gasteiger partial charge in [-0.2, -0.15) is 13.2 Å². The monoisotopic (exact) mass is 441 g/mol. The number of ether oxygens (including phenoxy) is 2. The van der Waals surface area contributed by atoms with Crippen LogP contribution in [0.4, 0.5) is 13.2 Å². The van der Waals surface area contributed by atoms with Gasteiger partial charge in [0.05, 0.1) is 0 Å². The third kappa shape index (κ3) is 17.8. The van der Waals surface area contributed by atoms with Crippen molar-refractivity contribution < 1.29 is 22.6 Å². The summed E-state index contributed by atoms with van der Waals surface area (Å²) in [5.74, 6) is 0.657. The Balaban J connectivity index is 0. The molecular formula is C13H27F3IN3O2. The molecule has 0 aliphatic rings. The molecule has 9 heteroatoms. The van der Waals surface area contributed by atoms with Crippen LogP contribution in [0.3, 0.4) is 0 Å². The summed E-state index contributed by atoms with van der Waals surface area (Å²) in [6, 6.07) is 0. The summed E-state index contributed by atoms with van der Waals surface area (Å²) in [4.78, 5) is 4.26. The van der Waals surface area contributed by atoms with Gasteiger partial charge in [0.25, 0.3) is 0 Å². The smallest absolute Gasteiger partial charge is 0.382 e. The van der Waals surface area contributed by atoms with E-state index < -0.39 is 12.8 Å². The van der Waals surface area contributed by atoms with Crippen molar-refractivity contribution in [2.45, 2.75) is 32.9 Å².